The van der Waals surface area contributed by atoms with E-state index in [1.807, 2.05) is 12.2 Å². The summed E-state index contributed by atoms with van der Waals surface area (Å²) in [5, 5.41) is 71.2. The minimum atomic E-state index is -1.81. The highest BCUT2D eigenvalue weighted by Crippen LogP contribution is 2.21. The van der Waals surface area contributed by atoms with Crippen LogP contribution < -0.4 is 37.2 Å². The number of carbonyl (C=O) groups is 11. The zero-order chi connectivity index (χ0) is 46.1. The summed E-state index contributed by atoms with van der Waals surface area (Å²) < 4.78 is 0. The smallest absolute Gasteiger partial charge is 0.327 e. The fourth-order valence-electron chi connectivity index (χ4n) is 4.95. The van der Waals surface area contributed by atoms with E-state index in [2.05, 4.69) is 31.9 Å². The summed E-state index contributed by atoms with van der Waals surface area (Å²) in [7, 11) is 2.47. The van der Waals surface area contributed by atoms with Crippen molar-refractivity contribution in [1.29, 1.82) is 0 Å². The first-order chi connectivity index (χ1) is 28.7. The summed E-state index contributed by atoms with van der Waals surface area (Å²) in [6.07, 6.45) is -2.76. The van der Waals surface area contributed by atoms with Crippen LogP contribution in [-0.2, 0) is 56.1 Å². The van der Waals surface area contributed by atoms with Crippen LogP contribution in [0.5, 0.6) is 0 Å². The van der Waals surface area contributed by atoms with Crippen molar-refractivity contribution in [2.75, 3.05) is 18.1 Å². The fraction of sp³-hybridized carbons (Fsp3) is 0.514. The molecule has 61 heavy (non-hydrogen) atoms. The summed E-state index contributed by atoms with van der Waals surface area (Å²) in [5.41, 5.74) is 1.01. The molecule has 0 aliphatic heterocycles. The molecule has 0 spiro atoms. The number of aliphatic carboxylic acids is 6. The third-order valence-corrected chi connectivity index (χ3v) is 10.5. The van der Waals surface area contributed by atoms with Crippen molar-refractivity contribution in [1.82, 2.24) is 37.2 Å². The number of amides is 7. The van der Waals surface area contributed by atoms with Crippen LogP contribution >= 0.6 is 21.6 Å². The number of carbonyl (C=O) groups excluding carboxylic acids is 5. The first-order valence-electron chi connectivity index (χ1n) is 18.4. The summed E-state index contributed by atoms with van der Waals surface area (Å²) in [5.74, 6) is -11.2. The van der Waals surface area contributed by atoms with Gasteiger partial charge in [0.1, 0.15) is 30.2 Å². The summed E-state index contributed by atoms with van der Waals surface area (Å²) in [6, 6.07) is -3.42. The maximum atomic E-state index is 13.0. The van der Waals surface area contributed by atoms with Crippen molar-refractivity contribution in [3.8, 4) is 0 Å². The molecule has 0 saturated heterocycles. The first-order valence-corrected chi connectivity index (χ1v) is 20.9. The van der Waals surface area contributed by atoms with Crippen LogP contribution in [0.15, 0.2) is 24.3 Å². The molecule has 0 aliphatic rings. The quantitative estimate of drug-likeness (QED) is 0.0330. The highest BCUT2D eigenvalue weighted by atomic mass is 33.1. The lowest BCUT2D eigenvalue weighted by atomic mass is 10.1. The lowest BCUT2D eigenvalue weighted by Crippen LogP contribution is -2.57. The van der Waals surface area contributed by atoms with Crippen LogP contribution in [0.4, 0.5) is 9.59 Å². The summed E-state index contributed by atoms with van der Waals surface area (Å²) >= 11 is 0. The monoisotopic (exact) mass is 903 g/mol. The molecular formula is C35H49N7O17S2. The van der Waals surface area contributed by atoms with Gasteiger partial charge in [-0.1, -0.05) is 52.8 Å². The molecule has 0 aliphatic carbocycles. The van der Waals surface area contributed by atoms with E-state index in [9.17, 15) is 73.2 Å². The number of urea groups is 2. The molecule has 13 N–H and O–H groups in total. The molecule has 7 amide bonds. The minimum absolute atomic E-state index is 0.0396. The van der Waals surface area contributed by atoms with E-state index in [0.717, 1.165) is 10.8 Å². The van der Waals surface area contributed by atoms with Crippen molar-refractivity contribution in [3.05, 3.63) is 35.4 Å². The minimum Gasteiger partial charge on any atom is -0.481 e. The Morgan fingerprint density at radius 3 is 1.56 bits per heavy atom. The van der Waals surface area contributed by atoms with E-state index in [-0.39, 0.29) is 38.1 Å². The van der Waals surface area contributed by atoms with Crippen molar-refractivity contribution >= 4 is 87.2 Å². The molecule has 0 heterocycles. The van der Waals surface area contributed by atoms with Gasteiger partial charge in [-0.05, 0) is 36.8 Å². The molecule has 1 rings (SSSR count). The topological polar surface area (TPSA) is 393 Å². The Balaban J connectivity index is 2.66. The molecule has 0 radical (unpaired) electrons. The van der Waals surface area contributed by atoms with Crippen molar-refractivity contribution in [3.63, 3.8) is 0 Å². The molecule has 0 bridgehead atoms. The molecule has 338 valence electrons. The Morgan fingerprint density at radius 1 is 0.541 bits per heavy atom. The maximum absolute atomic E-state index is 13.0. The molecule has 1 aromatic rings. The predicted molar refractivity (Wildman–Crippen MR) is 214 cm³/mol. The SMILES string of the molecule is CCSSC[C@H](NC(=O)[C@H](CC(=O)O)NC(=O)[C@H](CC(=O)O)NC(=O)Cc1ccc(CNC(=O)NCCCC[C@H](NC(=O)N[C@@H](CCC(=O)O)C(=O)O)C(=O)O)cc1)C(=O)O. The second-order valence-corrected chi connectivity index (χ2v) is 15.7. The molecule has 24 nitrogen and oxygen atoms in total. The Morgan fingerprint density at radius 2 is 1.05 bits per heavy atom. The lowest BCUT2D eigenvalue weighted by molar-refractivity contribution is -0.144. The first kappa shape index (κ1) is 52.7. The van der Waals surface area contributed by atoms with Crippen LogP contribution in [-0.4, -0.2) is 144 Å². The Bertz CT molecular complexity index is 1730. The largest absolute Gasteiger partial charge is 0.481 e. The van der Waals surface area contributed by atoms with Crippen molar-refractivity contribution < 1.29 is 83.4 Å². The van der Waals surface area contributed by atoms with Crippen molar-refractivity contribution in [2.24, 2.45) is 0 Å². The van der Waals surface area contributed by atoms with Crippen LogP contribution in [0, 0.1) is 0 Å². The summed E-state index contributed by atoms with van der Waals surface area (Å²) in [4.78, 5) is 131. The standard InChI is InChI=1S/C35H49N7O17S2/c1-2-60-61-17-24(33(56)57)40-30(51)23(15-28(48)49)39-29(50)22(14-27(46)47)38-25(43)13-18-6-8-19(9-7-18)16-37-34(58)36-12-4-3-5-20(31(52)53)41-35(59)42-21(32(54)55)10-11-26(44)45/h6-9,20-24H,2-5,10-17H2,1H3,(H,38,43)(H,39,50)(H,40,51)(H,44,45)(H,46,47)(H,48,49)(H,52,53)(H,54,55)(H,56,57)(H2,36,37,58)(H2,41,42,59)/t20-,21-,22-,23-,24-/m0/s1. The van der Waals surface area contributed by atoms with Gasteiger partial charge in [-0.3, -0.25) is 28.8 Å². The van der Waals surface area contributed by atoms with Gasteiger partial charge in [0.05, 0.1) is 19.3 Å². The number of rotatable bonds is 30. The summed E-state index contributed by atoms with van der Waals surface area (Å²) in [6.45, 7) is 1.98. The average molecular weight is 904 g/mol. The second kappa shape index (κ2) is 28.2. The van der Waals surface area contributed by atoms with E-state index >= 15 is 0 Å². The predicted octanol–water partition coefficient (Wildman–Crippen LogP) is -0.841. The normalized spacial score (nSPS) is 13.1. The molecule has 0 aromatic heterocycles. The highest BCUT2D eigenvalue weighted by Gasteiger charge is 2.32. The highest BCUT2D eigenvalue weighted by molar-refractivity contribution is 8.76. The van der Waals surface area contributed by atoms with E-state index in [4.69, 9.17) is 10.2 Å². The number of nitrogens with one attached hydrogen (secondary N) is 7. The molecule has 1 aromatic carbocycles. The number of carboxylic acid groups (broad SMARTS) is 6. The number of unbranched alkanes of at least 4 members (excludes halogenated alkanes) is 1. The zero-order valence-electron chi connectivity index (χ0n) is 32.7. The van der Waals surface area contributed by atoms with Gasteiger partial charge in [0.25, 0.3) is 0 Å². The number of hydrogen-bond acceptors (Lipinski definition) is 13. The lowest BCUT2D eigenvalue weighted by Gasteiger charge is -2.23. The van der Waals surface area contributed by atoms with Gasteiger partial charge in [0, 0.05) is 31.0 Å². The molecule has 5 atom stereocenters. The Labute approximate surface area is 355 Å². The maximum Gasteiger partial charge on any atom is 0.327 e. The van der Waals surface area contributed by atoms with Gasteiger partial charge in [0.15, 0.2) is 0 Å². The van der Waals surface area contributed by atoms with Crippen LogP contribution in [0.3, 0.4) is 0 Å². The van der Waals surface area contributed by atoms with E-state index < -0.39 is 121 Å². The van der Waals surface area contributed by atoms with Crippen molar-refractivity contribution in [2.45, 2.75) is 95.0 Å². The second-order valence-electron chi connectivity index (χ2n) is 12.9. The van der Waals surface area contributed by atoms with Gasteiger partial charge in [-0.15, -0.1) is 0 Å². The van der Waals surface area contributed by atoms with Gasteiger partial charge in [-0.2, -0.15) is 0 Å². The van der Waals surface area contributed by atoms with Crippen LogP contribution in [0.2, 0.25) is 0 Å². The molecule has 26 heteroatoms. The molecule has 0 fully saturated rings. The third kappa shape index (κ3) is 23.2. The third-order valence-electron chi connectivity index (χ3n) is 7.99. The fourth-order valence-corrected chi connectivity index (χ4v) is 6.78. The molecular weight excluding hydrogens is 855 g/mol. The average Bonchev–Trinajstić information content (AvgIpc) is 3.16. The molecule has 0 saturated carbocycles. The Hall–Kier alpha value is -6.31. The van der Waals surface area contributed by atoms with Crippen LogP contribution in [0.1, 0.15) is 63.0 Å². The van der Waals surface area contributed by atoms with Crippen LogP contribution in [0.25, 0.3) is 0 Å². The van der Waals surface area contributed by atoms with E-state index in [1.54, 1.807) is 12.1 Å². The Kier molecular flexibility index (Phi) is 24.4. The zero-order valence-corrected chi connectivity index (χ0v) is 34.3. The van der Waals surface area contributed by atoms with E-state index in [0.29, 0.717) is 23.3 Å². The van der Waals surface area contributed by atoms with Gasteiger partial charge < -0.3 is 67.9 Å². The van der Waals surface area contributed by atoms with Gasteiger partial charge >= 0.3 is 47.9 Å². The van der Waals surface area contributed by atoms with Gasteiger partial charge in [-0.25, -0.2) is 24.0 Å². The number of carboxylic acids is 6. The molecule has 0 unspecified atom stereocenters. The van der Waals surface area contributed by atoms with Gasteiger partial charge in [0.2, 0.25) is 17.7 Å². The number of benzene rings is 1. The number of hydrogen-bond donors (Lipinski definition) is 13. The van der Waals surface area contributed by atoms with E-state index in [1.165, 1.54) is 22.9 Å².